The van der Waals surface area contributed by atoms with Gasteiger partial charge in [0.2, 0.25) is 0 Å². The van der Waals surface area contributed by atoms with Crippen LogP contribution in [-0.2, 0) is 11.2 Å². The SMILES string of the molecule is COCCc1ccc2c(c1)C(N)CCCO2. The highest BCUT2D eigenvalue weighted by molar-refractivity contribution is 5.40. The van der Waals surface area contributed by atoms with Crippen LogP contribution in [0.2, 0.25) is 0 Å². The number of fused-ring (bicyclic) bond motifs is 1. The van der Waals surface area contributed by atoms with Crippen molar-refractivity contribution in [3.8, 4) is 5.75 Å². The van der Waals surface area contributed by atoms with Gasteiger partial charge < -0.3 is 15.2 Å². The predicted molar refractivity (Wildman–Crippen MR) is 63.7 cm³/mol. The molecule has 1 heterocycles. The molecule has 3 nitrogen and oxygen atoms in total. The zero-order valence-corrected chi connectivity index (χ0v) is 9.74. The van der Waals surface area contributed by atoms with Gasteiger partial charge in [0, 0.05) is 18.7 Å². The van der Waals surface area contributed by atoms with Crippen LogP contribution in [0.5, 0.6) is 5.75 Å². The van der Waals surface area contributed by atoms with Crippen LogP contribution >= 0.6 is 0 Å². The van der Waals surface area contributed by atoms with Crippen molar-refractivity contribution in [2.75, 3.05) is 20.3 Å². The Morgan fingerprint density at radius 3 is 3.19 bits per heavy atom. The zero-order valence-electron chi connectivity index (χ0n) is 9.74. The molecule has 0 aliphatic carbocycles. The van der Waals surface area contributed by atoms with Gasteiger partial charge in [-0.1, -0.05) is 12.1 Å². The Morgan fingerprint density at radius 2 is 2.38 bits per heavy atom. The van der Waals surface area contributed by atoms with Crippen LogP contribution in [0.4, 0.5) is 0 Å². The molecule has 1 atom stereocenters. The minimum atomic E-state index is 0.111. The lowest BCUT2D eigenvalue weighted by atomic mass is 9.99. The topological polar surface area (TPSA) is 44.5 Å². The smallest absolute Gasteiger partial charge is 0.124 e. The maximum absolute atomic E-state index is 6.13. The molecule has 0 aromatic heterocycles. The second-order valence-electron chi connectivity index (χ2n) is 4.21. The molecule has 1 unspecified atom stereocenters. The number of methoxy groups -OCH3 is 1. The molecule has 0 spiro atoms. The van der Waals surface area contributed by atoms with Crippen LogP contribution in [-0.4, -0.2) is 20.3 Å². The normalized spacial score (nSPS) is 19.8. The average Bonchev–Trinajstić information content (AvgIpc) is 2.49. The van der Waals surface area contributed by atoms with Gasteiger partial charge in [-0.2, -0.15) is 0 Å². The lowest BCUT2D eigenvalue weighted by Crippen LogP contribution is -2.09. The summed E-state index contributed by atoms with van der Waals surface area (Å²) in [4.78, 5) is 0. The van der Waals surface area contributed by atoms with Gasteiger partial charge in [-0.3, -0.25) is 0 Å². The summed E-state index contributed by atoms with van der Waals surface area (Å²) in [6.45, 7) is 1.52. The van der Waals surface area contributed by atoms with Gasteiger partial charge in [-0.25, -0.2) is 0 Å². The third-order valence-electron chi connectivity index (χ3n) is 2.99. The van der Waals surface area contributed by atoms with Crippen LogP contribution in [0.15, 0.2) is 18.2 Å². The molecule has 0 saturated carbocycles. The van der Waals surface area contributed by atoms with Crippen LogP contribution in [0.3, 0.4) is 0 Å². The van der Waals surface area contributed by atoms with Crippen LogP contribution < -0.4 is 10.5 Å². The van der Waals surface area contributed by atoms with Crippen molar-refractivity contribution in [2.24, 2.45) is 5.73 Å². The quantitative estimate of drug-likeness (QED) is 0.849. The number of hydrogen-bond donors (Lipinski definition) is 1. The van der Waals surface area contributed by atoms with Crippen molar-refractivity contribution < 1.29 is 9.47 Å². The van der Waals surface area contributed by atoms with Gasteiger partial charge in [0.05, 0.1) is 13.2 Å². The molecule has 0 radical (unpaired) electrons. The molecule has 1 aromatic rings. The summed E-state index contributed by atoms with van der Waals surface area (Å²) < 4.78 is 10.7. The number of ether oxygens (including phenoxy) is 2. The van der Waals surface area contributed by atoms with Crippen molar-refractivity contribution in [3.05, 3.63) is 29.3 Å². The molecule has 2 rings (SSSR count). The second kappa shape index (κ2) is 5.32. The van der Waals surface area contributed by atoms with Gasteiger partial charge in [0.25, 0.3) is 0 Å². The van der Waals surface area contributed by atoms with Crippen molar-refractivity contribution >= 4 is 0 Å². The first-order valence-corrected chi connectivity index (χ1v) is 5.81. The highest BCUT2D eigenvalue weighted by atomic mass is 16.5. The van der Waals surface area contributed by atoms with E-state index in [9.17, 15) is 0 Å². The Kier molecular flexibility index (Phi) is 3.80. The molecular weight excluding hydrogens is 202 g/mol. The van der Waals surface area contributed by atoms with Gasteiger partial charge in [0.1, 0.15) is 5.75 Å². The van der Waals surface area contributed by atoms with E-state index in [1.165, 1.54) is 5.56 Å². The number of rotatable bonds is 3. The highest BCUT2D eigenvalue weighted by Crippen LogP contribution is 2.30. The summed E-state index contributed by atoms with van der Waals surface area (Å²) >= 11 is 0. The molecule has 3 heteroatoms. The fourth-order valence-electron chi connectivity index (χ4n) is 2.04. The Labute approximate surface area is 96.5 Å². The maximum Gasteiger partial charge on any atom is 0.124 e. The highest BCUT2D eigenvalue weighted by Gasteiger charge is 2.16. The molecule has 2 N–H and O–H groups in total. The fourth-order valence-corrected chi connectivity index (χ4v) is 2.04. The van der Waals surface area contributed by atoms with Crippen molar-refractivity contribution in [1.29, 1.82) is 0 Å². The van der Waals surface area contributed by atoms with E-state index in [0.29, 0.717) is 0 Å². The maximum atomic E-state index is 6.13. The standard InChI is InChI=1S/C13H19NO2/c1-15-8-6-10-4-5-13-11(9-10)12(14)3-2-7-16-13/h4-5,9,12H,2-3,6-8,14H2,1H3. The molecule has 1 aliphatic rings. The summed E-state index contributed by atoms with van der Waals surface area (Å²) in [7, 11) is 1.72. The molecule has 0 amide bonds. The third kappa shape index (κ3) is 2.54. The molecule has 0 fully saturated rings. The van der Waals surface area contributed by atoms with Crippen LogP contribution in [0, 0.1) is 0 Å². The Bertz CT molecular complexity index is 352. The number of hydrogen-bond acceptors (Lipinski definition) is 3. The van der Waals surface area contributed by atoms with Crippen molar-refractivity contribution in [1.82, 2.24) is 0 Å². The first-order valence-electron chi connectivity index (χ1n) is 5.81. The number of nitrogens with two attached hydrogens (primary N) is 1. The zero-order chi connectivity index (χ0) is 11.4. The third-order valence-corrected chi connectivity index (χ3v) is 2.99. The molecular formula is C13H19NO2. The number of benzene rings is 1. The van der Waals surface area contributed by atoms with Crippen molar-refractivity contribution in [3.63, 3.8) is 0 Å². The van der Waals surface area contributed by atoms with E-state index in [1.807, 2.05) is 6.07 Å². The summed E-state index contributed by atoms with van der Waals surface area (Å²) in [5.41, 5.74) is 8.54. The van der Waals surface area contributed by atoms with E-state index < -0.39 is 0 Å². The van der Waals surface area contributed by atoms with Crippen molar-refractivity contribution in [2.45, 2.75) is 25.3 Å². The molecule has 1 aromatic carbocycles. The van der Waals surface area contributed by atoms with E-state index in [-0.39, 0.29) is 6.04 Å². The predicted octanol–water partition coefficient (Wildman–Crippen LogP) is 2.05. The monoisotopic (exact) mass is 221 g/mol. The molecule has 16 heavy (non-hydrogen) atoms. The summed E-state index contributed by atoms with van der Waals surface area (Å²) in [5.74, 6) is 0.950. The fraction of sp³-hybridized carbons (Fsp3) is 0.538. The first kappa shape index (κ1) is 11.4. The molecule has 0 saturated heterocycles. The Balaban J connectivity index is 2.21. The lowest BCUT2D eigenvalue weighted by Gasteiger charge is -2.13. The lowest BCUT2D eigenvalue weighted by molar-refractivity contribution is 0.202. The second-order valence-corrected chi connectivity index (χ2v) is 4.21. The van der Waals surface area contributed by atoms with Crippen LogP contribution in [0.1, 0.15) is 30.0 Å². The summed E-state index contributed by atoms with van der Waals surface area (Å²) in [6, 6.07) is 6.39. The van der Waals surface area contributed by atoms with E-state index in [1.54, 1.807) is 7.11 Å². The minimum Gasteiger partial charge on any atom is -0.493 e. The van der Waals surface area contributed by atoms with Gasteiger partial charge in [-0.15, -0.1) is 0 Å². The van der Waals surface area contributed by atoms with E-state index in [0.717, 1.165) is 43.8 Å². The summed E-state index contributed by atoms with van der Waals surface area (Å²) in [5, 5.41) is 0. The Morgan fingerprint density at radius 1 is 1.50 bits per heavy atom. The molecule has 88 valence electrons. The van der Waals surface area contributed by atoms with Gasteiger partial charge in [0.15, 0.2) is 0 Å². The largest absolute Gasteiger partial charge is 0.493 e. The van der Waals surface area contributed by atoms with Crippen LogP contribution in [0.25, 0.3) is 0 Å². The molecule has 0 bridgehead atoms. The first-order chi connectivity index (χ1) is 7.81. The van der Waals surface area contributed by atoms with E-state index in [4.69, 9.17) is 15.2 Å². The van der Waals surface area contributed by atoms with Gasteiger partial charge in [-0.05, 0) is 30.9 Å². The Hall–Kier alpha value is -1.06. The average molecular weight is 221 g/mol. The van der Waals surface area contributed by atoms with Gasteiger partial charge >= 0.3 is 0 Å². The van der Waals surface area contributed by atoms with E-state index in [2.05, 4.69) is 12.1 Å². The van der Waals surface area contributed by atoms with E-state index >= 15 is 0 Å². The summed E-state index contributed by atoms with van der Waals surface area (Å²) in [6.07, 6.45) is 2.96. The minimum absolute atomic E-state index is 0.111. The molecule has 1 aliphatic heterocycles.